The Morgan fingerprint density at radius 2 is 2.21 bits per heavy atom. The summed E-state index contributed by atoms with van der Waals surface area (Å²) in [7, 11) is 0. The molecule has 0 radical (unpaired) electrons. The van der Waals surface area contributed by atoms with Crippen LogP contribution in [-0.4, -0.2) is 60.2 Å². The zero-order valence-electron chi connectivity index (χ0n) is 11.0. The van der Waals surface area contributed by atoms with Crippen molar-refractivity contribution in [2.75, 3.05) is 32.0 Å². The molecule has 2 aliphatic heterocycles. The molecule has 0 aromatic rings. The van der Waals surface area contributed by atoms with E-state index in [1.165, 1.54) is 11.8 Å². The molecule has 2 saturated heterocycles. The first kappa shape index (κ1) is 14.6. The van der Waals surface area contributed by atoms with Gasteiger partial charge in [-0.25, -0.2) is 0 Å². The first-order valence-corrected chi connectivity index (χ1v) is 7.73. The highest BCUT2D eigenvalue weighted by Crippen LogP contribution is 2.19. The van der Waals surface area contributed by atoms with E-state index in [4.69, 9.17) is 10.5 Å². The van der Waals surface area contributed by atoms with Crippen LogP contribution in [0.3, 0.4) is 0 Å². The molecule has 108 valence electrons. The van der Waals surface area contributed by atoms with E-state index in [0.29, 0.717) is 32.0 Å². The monoisotopic (exact) mass is 287 g/mol. The molecular formula is C12H21N3O3S. The van der Waals surface area contributed by atoms with Crippen LogP contribution in [0.2, 0.25) is 0 Å². The van der Waals surface area contributed by atoms with Gasteiger partial charge in [0.1, 0.15) is 6.04 Å². The molecule has 0 aliphatic carbocycles. The maximum Gasteiger partial charge on any atom is 0.279 e. The Kier molecular flexibility index (Phi) is 5.47. The van der Waals surface area contributed by atoms with Gasteiger partial charge < -0.3 is 20.7 Å². The standard InChI is InChI=1S/C12H21N3O3S/c13-4-1-7-18-9-2-5-15(6-3-9)11(16)10-8-19-12(17)14-10/h9-10H,1-8,13H2,(H,14,17). The topological polar surface area (TPSA) is 84.7 Å². The number of nitrogens with zero attached hydrogens (tertiary/aromatic N) is 1. The van der Waals surface area contributed by atoms with Crippen molar-refractivity contribution < 1.29 is 14.3 Å². The zero-order chi connectivity index (χ0) is 13.7. The van der Waals surface area contributed by atoms with Crippen LogP contribution >= 0.6 is 11.8 Å². The van der Waals surface area contributed by atoms with E-state index in [1.807, 2.05) is 4.90 Å². The number of likely N-dealkylation sites (tertiary alicyclic amines) is 1. The summed E-state index contributed by atoms with van der Waals surface area (Å²) >= 11 is 1.18. The van der Waals surface area contributed by atoms with Crippen LogP contribution in [0.5, 0.6) is 0 Å². The Balaban J connectivity index is 1.70. The van der Waals surface area contributed by atoms with Crippen molar-refractivity contribution in [2.24, 2.45) is 5.73 Å². The van der Waals surface area contributed by atoms with E-state index >= 15 is 0 Å². The molecule has 2 aliphatic rings. The number of carbonyl (C=O) groups excluding carboxylic acids is 2. The fraction of sp³-hybridized carbons (Fsp3) is 0.833. The Hall–Kier alpha value is -0.790. The highest BCUT2D eigenvalue weighted by atomic mass is 32.2. The van der Waals surface area contributed by atoms with Gasteiger partial charge in [-0.15, -0.1) is 0 Å². The van der Waals surface area contributed by atoms with Crippen molar-refractivity contribution in [2.45, 2.75) is 31.4 Å². The van der Waals surface area contributed by atoms with E-state index in [9.17, 15) is 9.59 Å². The van der Waals surface area contributed by atoms with E-state index in [0.717, 1.165) is 19.3 Å². The molecule has 3 N–H and O–H groups in total. The zero-order valence-corrected chi connectivity index (χ0v) is 11.8. The van der Waals surface area contributed by atoms with E-state index in [-0.39, 0.29) is 23.3 Å². The van der Waals surface area contributed by atoms with E-state index < -0.39 is 0 Å². The Morgan fingerprint density at radius 1 is 1.47 bits per heavy atom. The van der Waals surface area contributed by atoms with Gasteiger partial charge in [0.05, 0.1) is 6.10 Å². The minimum absolute atomic E-state index is 0.0405. The van der Waals surface area contributed by atoms with Crippen molar-refractivity contribution in [3.05, 3.63) is 0 Å². The largest absolute Gasteiger partial charge is 0.378 e. The van der Waals surface area contributed by atoms with Gasteiger partial charge in [-0.05, 0) is 25.8 Å². The summed E-state index contributed by atoms with van der Waals surface area (Å²) in [5.41, 5.74) is 5.42. The van der Waals surface area contributed by atoms with Crippen LogP contribution in [0.25, 0.3) is 0 Å². The first-order valence-electron chi connectivity index (χ1n) is 6.74. The number of nitrogens with two attached hydrogens (primary N) is 1. The normalized spacial score (nSPS) is 24.6. The maximum atomic E-state index is 12.2. The summed E-state index contributed by atoms with van der Waals surface area (Å²) in [6.45, 7) is 2.77. The number of amides is 2. The maximum absolute atomic E-state index is 12.2. The minimum Gasteiger partial charge on any atom is -0.378 e. The van der Waals surface area contributed by atoms with Crippen LogP contribution in [0.1, 0.15) is 19.3 Å². The number of thioether (sulfide) groups is 1. The number of nitrogens with one attached hydrogen (secondary N) is 1. The molecule has 7 heteroatoms. The molecule has 0 aromatic carbocycles. The van der Waals surface area contributed by atoms with Gasteiger partial charge in [-0.2, -0.15) is 0 Å². The lowest BCUT2D eigenvalue weighted by Gasteiger charge is -2.33. The SMILES string of the molecule is NCCCOC1CCN(C(=O)C2CSC(=O)N2)CC1. The molecule has 0 saturated carbocycles. The number of hydrogen-bond donors (Lipinski definition) is 2. The summed E-state index contributed by atoms with van der Waals surface area (Å²) in [4.78, 5) is 25.1. The first-order chi connectivity index (χ1) is 9.20. The third-order valence-electron chi connectivity index (χ3n) is 3.43. The van der Waals surface area contributed by atoms with Crippen molar-refractivity contribution in [3.8, 4) is 0 Å². The number of hydrogen-bond acceptors (Lipinski definition) is 5. The number of carbonyl (C=O) groups is 2. The van der Waals surface area contributed by atoms with E-state index in [2.05, 4.69) is 5.32 Å². The highest BCUT2D eigenvalue weighted by Gasteiger charge is 2.33. The Labute approximate surface area is 117 Å². The quantitative estimate of drug-likeness (QED) is 0.704. The lowest BCUT2D eigenvalue weighted by molar-refractivity contribution is -0.135. The van der Waals surface area contributed by atoms with E-state index in [1.54, 1.807) is 0 Å². The number of rotatable bonds is 5. The van der Waals surface area contributed by atoms with Gasteiger partial charge in [-0.3, -0.25) is 9.59 Å². The molecular weight excluding hydrogens is 266 g/mol. The predicted octanol–water partition coefficient (Wildman–Crippen LogP) is 0.168. The molecule has 0 bridgehead atoms. The molecule has 2 rings (SSSR count). The van der Waals surface area contributed by atoms with Crippen molar-refractivity contribution in [1.29, 1.82) is 0 Å². The van der Waals surface area contributed by atoms with Gasteiger partial charge in [0.2, 0.25) is 5.91 Å². The minimum atomic E-state index is -0.341. The summed E-state index contributed by atoms with van der Waals surface area (Å²) in [6, 6.07) is -0.341. The average Bonchev–Trinajstić information content (AvgIpc) is 2.86. The predicted molar refractivity (Wildman–Crippen MR) is 74.0 cm³/mol. The fourth-order valence-corrected chi connectivity index (χ4v) is 3.08. The third kappa shape index (κ3) is 4.09. The second-order valence-electron chi connectivity index (χ2n) is 4.83. The Bertz CT molecular complexity index is 332. The average molecular weight is 287 g/mol. The van der Waals surface area contributed by atoms with Crippen LogP contribution in [0.4, 0.5) is 4.79 Å². The number of ether oxygens (including phenoxy) is 1. The molecule has 2 amide bonds. The van der Waals surface area contributed by atoms with Gasteiger partial charge in [0.25, 0.3) is 5.24 Å². The summed E-state index contributed by atoms with van der Waals surface area (Å²) < 4.78 is 5.70. The second-order valence-corrected chi connectivity index (χ2v) is 5.83. The van der Waals surface area contributed by atoms with Gasteiger partial charge in [0, 0.05) is 25.4 Å². The Morgan fingerprint density at radius 3 is 2.79 bits per heavy atom. The molecule has 19 heavy (non-hydrogen) atoms. The summed E-state index contributed by atoms with van der Waals surface area (Å²) in [6.07, 6.45) is 2.85. The van der Waals surface area contributed by atoms with Gasteiger partial charge >= 0.3 is 0 Å². The van der Waals surface area contributed by atoms with Crippen LogP contribution in [0.15, 0.2) is 0 Å². The van der Waals surface area contributed by atoms with Gasteiger partial charge in [0.15, 0.2) is 0 Å². The van der Waals surface area contributed by atoms with Crippen LogP contribution < -0.4 is 11.1 Å². The van der Waals surface area contributed by atoms with Crippen LogP contribution in [0, 0.1) is 0 Å². The fourth-order valence-electron chi connectivity index (χ4n) is 2.31. The summed E-state index contributed by atoms with van der Waals surface area (Å²) in [5.74, 6) is 0.587. The molecule has 0 spiro atoms. The third-order valence-corrected chi connectivity index (χ3v) is 4.31. The van der Waals surface area contributed by atoms with Gasteiger partial charge in [-0.1, -0.05) is 11.8 Å². The lowest BCUT2D eigenvalue weighted by atomic mass is 10.1. The molecule has 6 nitrogen and oxygen atoms in total. The number of piperidine rings is 1. The highest BCUT2D eigenvalue weighted by molar-refractivity contribution is 8.14. The second kappa shape index (κ2) is 7.12. The van der Waals surface area contributed by atoms with Crippen molar-refractivity contribution in [3.63, 3.8) is 0 Å². The molecule has 2 heterocycles. The smallest absolute Gasteiger partial charge is 0.279 e. The molecule has 0 aromatic heterocycles. The molecule has 1 unspecified atom stereocenters. The van der Waals surface area contributed by atoms with Crippen molar-refractivity contribution in [1.82, 2.24) is 10.2 Å². The summed E-state index contributed by atoms with van der Waals surface area (Å²) in [5, 5.41) is 2.59. The van der Waals surface area contributed by atoms with Crippen LogP contribution in [-0.2, 0) is 9.53 Å². The van der Waals surface area contributed by atoms with Crippen molar-refractivity contribution >= 4 is 22.9 Å². The molecule has 1 atom stereocenters. The lowest BCUT2D eigenvalue weighted by Crippen LogP contribution is -2.49. The molecule has 2 fully saturated rings.